The minimum atomic E-state index is 0.751. The van der Waals surface area contributed by atoms with Crippen molar-refractivity contribution in [2.75, 3.05) is 7.11 Å². The van der Waals surface area contributed by atoms with Crippen LogP contribution in [0.3, 0.4) is 0 Å². The average molecular weight is 465 g/mol. The molecule has 0 aliphatic rings. The summed E-state index contributed by atoms with van der Waals surface area (Å²) in [5.74, 6) is 3.31. The summed E-state index contributed by atoms with van der Waals surface area (Å²) in [5.41, 5.74) is 3.28. The second-order valence-corrected chi connectivity index (χ2v) is 9.30. The smallest absolute Gasteiger partial charge is 0.160 e. The number of methoxy groups -OCH3 is 1. The minimum Gasteiger partial charge on any atom is -0.497 e. The van der Waals surface area contributed by atoms with Gasteiger partial charge in [0.2, 0.25) is 0 Å². The van der Waals surface area contributed by atoms with Gasteiger partial charge in [0.05, 0.1) is 12.8 Å². The molecule has 156 valence electrons. The monoisotopic (exact) mass is 464 g/mol. The number of rotatable bonds is 8. The Morgan fingerprint density at radius 2 is 1.58 bits per heavy atom. The molecule has 1 aromatic heterocycles. The Bertz CT molecular complexity index is 1120. The Morgan fingerprint density at radius 1 is 0.839 bits per heavy atom. The van der Waals surface area contributed by atoms with Gasteiger partial charge in [-0.2, -0.15) is 11.8 Å². The van der Waals surface area contributed by atoms with Crippen LogP contribution in [-0.4, -0.2) is 17.1 Å². The molecule has 0 atom stereocenters. The normalized spacial score (nSPS) is 10.8. The van der Waals surface area contributed by atoms with Crippen molar-refractivity contribution in [2.24, 2.45) is 0 Å². The molecule has 0 saturated carbocycles. The Morgan fingerprint density at radius 3 is 2.29 bits per heavy atom. The number of aromatic nitrogens is 2. The predicted molar refractivity (Wildman–Crippen MR) is 131 cm³/mol. The molecule has 1 heterocycles. The van der Waals surface area contributed by atoms with Gasteiger partial charge >= 0.3 is 0 Å². The predicted octanol–water partition coefficient (Wildman–Crippen LogP) is 7.39. The van der Waals surface area contributed by atoms with E-state index in [0.717, 1.165) is 49.3 Å². The van der Waals surface area contributed by atoms with Crippen LogP contribution in [0, 0.1) is 0 Å². The summed E-state index contributed by atoms with van der Waals surface area (Å²) in [6.07, 6.45) is 0. The van der Waals surface area contributed by atoms with Crippen LogP contribution >= 0.6 is 35.1 Å². The lowest BCUT2D eigenvalue weighted by Crippen LogP contribution is -1.97. The largest absolute Gasteiger partial charge is 0.497 e. The summed E-state index contributed by atoms with van der Waals surface area (Å²) in [4.78, 5) is 10.8. The van der Waals surface area contributed by atoms with Crippen LogP contribution < -0.4 is 4.74 Å². The third kappa shape index (κ3) is 6.26. The zero-order chi connectivity index (χ0) is 21.5. The standard InChI is InChI=1S/C25H21ClN2OS2/c1-29-22-11-13-23(14-12-22)31-24-15-21(17-30-16-18-7-9-20(26)10-8-18)27-25(28-24)19-5-3-2-4-6-19/h2-15H,16-17H2,1H3. The molecule has 4 rings (SSSR count). The Labute approximate surface area is 196 Å². The first-order valence-electron chi connectivity index (χ1n) is 9.77. The molecule has 6 heteroatoms. The molecule has 4 aromatic rings. The van der Waals surface area contributed by atoms with E-state index < -0.39 is 0 Å². The van der Waals surface area contributed by atoms with Crippen molar-refractivity contribution in [3.63, 3.8) is 0 Å². The number of nitrogens with zero attached hydrogens (tertiary/aromatic N) is 2. The third-order valence-corrected chi connectivity index (χ3v) is 6.72. The maximum absolute atomic E-state index is 5.99. The summed E-state index contributed by atoms with van der Waals surface area (Å²) in [5, 5.41) is 1.69. The Kier molecular flexibility index (Phi) is 7.52. The van der Waals surface area contributed by atoms with Gasteiger partial charge in [-0.25, -0.2) is 9.97 Å². The SMILES string of the molecule is COc1ccc(Sc2cc(CSCc3ccc(Cl)cc3)nc(-c3ccccc3)n2)cc1. The van der Waals surface area contributed by atoms with Gasteiger partial charge in [0.25, 0.3) is 0 Å². The van der Waals surface area contributed by atoms with Crippen molar-refractivity contribution in [3.05, 3.63) is 101 Å². The van der Waals surface area contributed by atoms with Gasteiger partial charge in [-0.1, -0.05) is 65.8 Å². The van der Waals surface area contributed by atoms with E-state index in [-0.39, 0.29) is 0 Å². The van der Waals surface area contributed by atoms with E-state index in [9.17, 15) is 0 Å². The molecule has 0 fully saturated rings. The molecule has 3 nitrogen and oxygen atoms in total. The highest BCUT2D eigenvalue weighted by atomic mass is 35.5. The van der Waals surface area contributed by atoms with Gasteiger partial charge in [-0.15, -0.1) is 0 Å². The molecule has 0 bridgehead atoms. The lowest BCUT2D eigenvalue weighted by atomic mass is 10.2. The van der Waals surface area contributed by atoms with E-state index in [0.29, 0.717) is 0 Å². The van der Waals surface area contributed by atoms with Gasteiger partial charge in [0.15, 0.2) is 5.82 Å². The highest BCUT2D eigenvalue weighted by Gasteiger charge is 2.09. The van der Waals surface area contributed by atoms with Crippen LogP contribution in [0.1, 0.15) is 11.3 Å². The second kappa shape index (κ2) is 10.7. The molecule has 0 N–H and O–H groups in total. The Balaban J connectivity index is 1.54. The molecular weight excluding hydrogens is 444 g/mol. The zero-order valence-corrected chi connectivity index (χ0v) is 19.4. The molecule has 0 spiro atoms. The van der Waals surface area contributed by atoms with Crippen molar-refractivity contribution in [1.82, 2.24) is 9.97 Å². The van der Waals surface area contributed by atoms with Crippen LogP contribution in [0.25, 0.3) is 11.4 Å². The first kappa shape index (κ1) is 21.8. The highest BCUT2D eigenvalue weighted by Crippen LogP contribution is 2.30. The topological polar surface area (TPSA) is 35.0 Å². The van der Waals surface area contributed by atoms with E-state index in [1.54, 1.807) is 18.9 Å². The third-order valence-electron chi connectivity index (χ3n) is 4.50. The maximum Gasteiger partial charge on any atom is 0.160 e. The molecule has 0 aliphatic carbocycles. The molecule has 0 saturated heterocycles. The number of halogens is 1. The number of hydrogen-bond donors (Lipinski definition) is 0. The van der Waals surface area contributed by atoms with Crippen LogP contribution in [-0.2, 0) is 11.5 Å². The summed E-state index contributed by atoms with van der Waals surface area (Å²) < 4.78 is 5.26. The molecule has 0 unspecified atom stereocenters. The van der Waals surface area contributed by atoms with E-state index >= 15 is 0 Å². The van der Waals surface area contributed by atoms with E-state index in [2.05, 4.69) is 18.2 Å². The molecule has 0 aliphatic heterocycles. The fraction of sp³-hybridized carbons (Fsp3) is 0.120. The average Bonchev–Trinajstić information content (AvgIpc) is 2.81. The first-order valence-corrected chi connectivity index (χ1v) is 12.1. The van der Waals surface area contributed by atoms with E-state index in [4.69, 9.17) is 26.3 Å². The van der Waals surface area contributed by atoms with Crippen molar-refractivity contribution < 1.29 is 4.74 Å². The Hall–Kier alpha value is -2.47. The van der Waals surface area contributed by atoms with Crippen LogP contribution in [0.2, 0.25) is 5.02 Å². The van der Waals surface area contributed by atoms with Gasteiger partial charge in [0, 0.05) is 27.0 Å². The number of thioether (sulfide) groups is 1. The molecule has 0 amide bonds. The van der Waals surface area contributed by atoms with Crippen LogP contribution in [0.15, 0.2) is 94.9 Å². The number of hydrogen-bond acceptors (Lipinski definition) is 5. The van der Waals surface area contributed by atoms with Crippen molar-refractivity contribution in [3.8, 4) is 17.1 Å². The highest BCUT2D eigenvalue weighted by molar-refractivity contribution is 7.99. The molecule has 31 heavy (non-hydrogen) atoms. The fourth-order valence-electron chi connectivity index (χ4n) is 2.93. The number of benzene rings is 3. The molecular formula is C25H21ClN2OS2. The van der Waals surface area contributed by atoms with Crippen molar-refractivity contribution in [1.29, 1.82) is 0 Å². The van der Waals surface area contributed by atoms with Crippen LogP contribution in [0.5, 0.6) is 5.75 Å². The minimum absolute atomic E-state index is 0.751. The lowest BCUT2D eigenvalue weighted by Gasteiger charge is -2.09. The lowest BCUT2D eigenvalue weighted by molar-refractivity contribution is 0.414. The van der Waals surface area contributed by atoms with Gasteiger partial charge in [-0.3, -0.25) is 0 Å². The maximum atomic E-state index is 5.99. The van der Waals surface area contributed by atoms with E-state index in [1.165, 1.54) is 5.56 Å². The van der Waals surface area contributed by atoms with Crippen molar-refractivity contribution in [2.45, 2.75) is 21.4 Å². The zero-order valence-electron chi connectivity index (χ0n) is 17.0. The van der Waals surface area contributed by atoms with Crippen LogP contribution in [0.4, 0.5) is 0 Å². The molecule has 0 radical (unpaired) electrons. The summed E-state index contributed by atoms with van der Waals surface area (Å²) in [6.45, 7) is 0. The number of ether oxygens (including phenoxy) is 1. The van der Waals surface area contributed by atoms with Gasteiger partial charge in [-0.05, 0) is 48.0 Å². The summed E-state index contributed by atoms with van der Waals surface area (Å²) >= 11 is 9.45. The van der Waals surface area contributed by atoms with E-state index in [1.807, 2.05) is 78.5 Å². The quantitative estimate of drug-likeness (QED) is 0.254. The fourth-order valence-corrected chi connectivity index (χ4v) is 4.79. The summed E-state index contributed by atoms with van der Waals surface area (Å²) in [7, 11) is 1.67. The summed E-state index contributed by atoms with van der Waals surface area (Å²) in [6, 6.07) is 28.2. The van der Waals surface area contributed by atoms with Gasteiger partial charge in [0.1, 0.15) is 10.8 Å². The van der Waals surface area contributed by atoms with Gasteiger partial charge < -0.3 is 4.74 Å². The first-order chi connectivity index (χ1) is 15.2. The van der Waals surface area contributed by atoms with Crippen molar-refractivity contribution >= 4 is 35.1 Å². The molecule has 3 aromatic carbocycles. The second-order valence-electron chi connectivity index (χ2n) is 6.78.